The predicted octanol–water partition coefficient (Wildman–Crippen LogP) is 1.77. The summed E-state index contributed by atoms with van der Waals surface area (Å²) in [5, 5.41) is 4.48. The molecule has 1 amide bonds. The Morgan fingerprint density at radius 2 is 1.93 bits per heavy atom. The number of ether oxygens (including phenoxy) is 1. The summed E-state index contributed by atoms with van der Waals surface area (Å²) in [6.45, 7) is 3.44. The molecule has 1 atom stereocenters. The number of amides is 1. The van der Waals surface area contributed by atoms with Crippen molar-refractivity contribution < 1.29 is 9.53 Å². The van der Waals surface area contributed by atoms with Crippen LogP contribution in [0, 0.1) is 0 Å². The molecule has 0 N–H and O–H groups in total. The van der Waals surface area contributed by atoms with Gasteiger partial charge in [0.05, 0.1) is 18.4 Å². The van der Waals surface area contributed by atoms with Crippen LogP contribution in [-0.4, -0.2) is 59.5 Å². The minimum Gasteiger partial charge on any atom is -0.368 e. The number of carbonyl (C=O) groups excluding carboxylic acids is 1. The highest BCUT2D eigenvalue weighted by molar-refractivity contribution is 6.33. The summed E-state index contributed by atoms with van der Waals surface area (Å²) in [6, 6.07) is 9.67. The lowest BCUT2D eigenvalue weighted by molar-refractivity contribution is -0.141. The Bertz CT molecular complexity index is 888. The molecule has 4 rings (SSSR count). The smallest absolute Gasteiger partial charge is 0.287 e. The van der Waals surface area contributed by atoms with Crippen molar-refractivity contribution >= 4 is 23.2 Å². The number of anilines is 1. The van der Waals surface area contributed by atoms with Gasteiger partial charge in [-0.15, -0.1) is 0 Å². The summed E-state index contributed by atoms with van der Waals surface area (Å²) in [5.74, 6) is 0.0691. The van der Waals surface area contributed by atoms with E-state index in [1.165, 1.54) is 4.68 Å². The molecule has 1 aromatic heterocycles. The number of carbonyl (C=O) groups is 1. The largest absolute Gasteiger partial charge is 0.368 e. The Labute approximate surface area is 168 Å². The first-order valence-electron chi connectivity index (χ1n) is 9.58. The van der Waals surface area contributed by atoms with Crippen LogP contribution in [0.15, 0.2) is 41.3 Å². The van der Waals surface area contributed by atoms with Crippen LogP contribution in [-0.2, 0) is 16.1 Å². The van der Waals surface area contributed by atoms with Gasteiger partial charge in [-0.25, -0.2) is 4.68 Å². The highest BCUT2D eigenvalue weighted by Crippen LogP contribution is 2.23. The van der Waals surface area contributed by atoms with E-state index in [-0.39, 0.29) is 22.6 Å². The lowest BCUT2D eigenvalue weighted by atomic mass is 10.2. The zero-order chi connectivity index (χ0) is 19.5. The number of aromatic nitrogens is 2. The summed E-state index contributed by atoms with van der Waals surface area (Å²) in [4.78, 5) is 29.0. The molecule has 0 radical (unpaired) electrons. The molecule has 148 valence electrons. The summed E-state index contributed by atoms with van der Waals surface area (Å²) in [6.07, 6.45) is 3.09. The lowest BCUT2D eigenvalue weighted by Crippen LogP contribution is -2.51. The van der Waals surface area contributed by atoms with Gasteiger partial charge in [-0.1, -0.05) is 41.9 Å². The number of halogens is 1. The Kier molecular flexibility index (Phi) is 5.64. The minimum absolute atomic E-state index is 0.0691. The average molecular weight is 403 g/mol. The van der Waals surface area contributed by atoms with E-state index in [0.717, 1.165) is 18.4 Å². The normalized spacial score (nSPS) is 19.8. The zero-order valence-corrected chi connectivity index (χ0v) is 16.3. The van der Waals surface area contributed by atoms with E-state index >= 15 is 0 Å². The Morgan fingerprint density at radius 3 is 2.61 bits per heavy atom. The minimum atomic E-state index is -0.305. The van der Waals surface area contributed by atoms with Crippen molar-refractivity contribution in [2.24, 2.45) is 0 Å². The van der Waals surface area contributed by atoms with Gasteiger partial charge < -0.3 is 14.5 Å². The molecule has 0 aliphatic carbocycles. The highest BCUT2D eigenvalue weighted by atomic mass is 35.5. The first-order chi connectivity index (χ1) is 13.6. The standard InChI is InChI=1S/C20H23ClN4O3/c21-18-16(13-22-25(20(18)27)14-15-5-2-1-3-6-15)23-8-10-24(11-9-23)19(26)17-7-4-12-28-17/h1-3,5-6,13,17H,4,7-12,14H2. The maximum absolute atomic E-state index is 12.6. The van der Waals surface area contributed by atoms with Gasteiger partial charge in [0.15, 0.2) is 0 Å². The fourth-order valence-corrected chi connectivity index (χ4v) is 3.96. The van der Waals surface area contributed by atoms with Crippen LogP contribution in [0.25, 0.3) is 0 Å². The van der Waals surface area contributed by atoms with E-state index in [2.05, 4.69) is 5.10 Å². The number of hydrogen-bond donors (Lipinski definition) is 0. The van der Waals surface area contributed by atoms with Crippen LogP contribution >= 0.6 is 11.6 Å². The first-order valence-corrected chi connectivity index (χ1v) is 9.96. The molecule has 2 aromatic rings. The summed E-state index contributed by atoms with van der Waals surface area (Å²) < 4.78 is 6.87. The number of rotatable bonds is 4. The summed E-state index contributed by atoms with van der Waals surface area (Å²) in [5.41, 5.74) is 1.31. The van der Waals surface area contributed by atoms with Crippen molar-refractivity contribution in [2.75, 3.05) is 37.7 Å². The Hall–Kier alpha value is -2.38. The third-order valence-corrected chi connectivity index (χ3v) is 5.63. The molecule has 1 aromatic carbocycles. The Morgan fingerprint density at radius 1 is 1.18 bits per heavy atom. The van der Waals surface area contributed by atoms with Gasteiger partial charge in [-0.3, -0.25) is 9.59 Å². The third kappa shape index (κ3) is 3.91. The molecule has 2 fully saturated rings. The second kappa shape index (κ2) is 8.32. The van der Waals surface area contributed by atoms with Gasteiger partial charge in [0.1, 0.15) is 11.1 Å². The van der Waals surface area contributed by atoms with E-state index < -0.39 is 0 Å². The van der Waals surface area contributed by atoms with Gasteiger partial charge in [-0.2, -0.15) is 5.10 Å². The summed E-state index contributed by atoms with van der Waals surface area (Å²) in [7, 11) is 0. The van der Waals surface area contributed by atoms with Crippen molar-refractivity contribution in [3.05, 3.63) is 57.5 Å². The molecule has 2 saturated heterocycles. The molecule has 3 heterocycles. The SMILES string of the molecule is O=C(C1CCCO1)N1CCN(c2cnn(Cc3ccccc3)c(=O)c2Cl)CC1. The van der Waals surface area contributed by atoms with E-state index in [0.29, 0.717) is 45.0 Å². The van der Waals surface area contributed by atoms with Crippen LogP contribution in [0.3, 0.4) is 0 Å². The van der Waals surface area contributed by atoms with Crippen molar-refractivity contribution in [3.8, 4) is 0 Å². The molecule has 0 bridgehead atoms. The van der Waals surface area contributed by atoms with E-state index in [9.17, 15) is 9.59 Å². The van der Waals surface area contributed by atoms with Crippen LogP contribution < -0.4 is 10.5 Å². The third-order valence-electron chi connectivity index (χ3n) is 5.28. The molecule has 0 spiro atoms. The highest BCUT2D eigenvalue weighted by Gasteiger charge is 2.31. The van der Waals surface area contributed by atoms with Gasteiger partial charge in [0, 0.05) is 32.8 Å². The predicted molar refractivity (Wildman–Crippen MR) is 107 cm³/mol. The molecule has 8 heteroatoms. The second-order valence-corrected chi connectivity index (χ2v) is 7.48. The van der Waals surface area contributed by atoms with Gasteiger partial charge in [0.2, 0.25) is 0 Å². The molecule has 0 saturated carbocycles. The van der Waals surface area contributed by atoms with Gasteiger partial charge in [-0.05, 0) is 18.4 Å². The molecular weight excluding hydrogens is 380 g/mol. The fourth-order valence-electron chi connectivity index (χ4n) is 3.69. The van der Waals surface area contributed by atoms with Crippen LogP contribution in [0.1, 0.15) is 18.4 Å². The monoisotopic (exact) mass is 402 g/mol. The molecule has 1 unspecified atom stereocenters. The fraction of sp³-hybridized carbons (Fsp3) is 0.450. The van der Waals surface area contributed by atoms with E-state index in [1.54, 1.807) is 6.20 Å². The van der Waals surface area contributed by atoms with E-state index in [4.69, 9.17) is 16.3 Å². The van der Waals surface area contributed by atoms with Crippen LogP contribution in [0.2, 0.25) is 5.02 Å². The lowest BCUT2D eigenvalue weighted by Gasteiger charge is -2.37. The number of benzene rings is 1. The average Bonchev–Trinajstić information content (AvgIpc) is 3.27. The van der Waals surface area contributed by atoms with Crippen molar-refractivity contribution in [2.45, 2.75) is 25.5 Å². The Balaban J connectivity index is 1.43. The van der Waals surface area contributed by atoms with Crippen molar-refractivity contribution in [3.63, 3.8) is 0 Å². The maximum Gasteiger partial charge on any atom is 0.287 e. The van der Waals surface area contributed by atoms with E-state index in [1.807, 2.05) is 40.1 Å². The molecule has 7 nitrogen and oxygen atoms in total. The molecule has 28 heavy (non-hydrogen) atoms. The molecule has 2 aliphatic rings. The maximum atomic E-state index is 12.6. The zero-order valence-electron chi connectivity index (χ0n) is 15.6. The number of piperazine rings is 1. The molecule has 2 aliphatic heterocycles. The van der Waals surface area contributed by atoms with Crippen molar-refractivity contribution in [1.29, 1.82) is 0 Å². The quantitative estimate of drug-likeness (QED) is 0.779. The molecular formula is C20H23ClN4O3. The van der Waals surface area contributed by atoms with Crippen molar-refractivity contribution in [1.82, 2.24) is 14.7 Å². The topological polar surface area (TPSA) is 67.7 Å². The number of hydrogen-bond acceptors (Lipinski definition) is 5. The first kappa shape index (κ1) is 19.0. The van der Waals surface area contributed by atoms with Gasteiger partial charge in [0.25, 0.3) is 11.5 Å². The second-order valence-electron chi connectivity index (χ2n) is 7.11. The van der Waals surface area contributed by atoms with Crippen LogP contribution in [0.4, 0.5) is 5.69 Å². The number of nitrogens with zero attached hydrogens (tertiary/aromatic N) is 4. The van der Waals surface area contributed by atoms with Crippen LogP contribution in [0.5, 0.6) is 0 Å². The van der Waals surface area contributed by atoms with Gasteiger partial charge >= 0.3 is 0 Å². The summed E-state index contributed by atoms with van der Waals surface area (Å²) >= 11 is 6.38.